The number of carbonyl (C=O) groups excluding carboxylic acids is 1. The molecular weight excluding hydrogens is 468 g/mol. The first-order valence-electron chi connectivity index (χ1n) is 11.9. The molecule has 0 aliphatic carbocycles. The Balaban J connectivity index is 1.31. The van der Waals surface area contributed by atoms with Gasteiger partial charge in [-0.3, -0.25) is 4.79 Å². The van der Waals surface area contributed by atoms with E-state index in [1.165, 1.54) is 6.07 Å². The minimum absolute atomic E-state index is 0.110. The number of hydrogen-bond acceptors (Lipinski definition) is 8. The van der Waals surface area contributed by atoms with Crippen LogP contribution < -0.4 is 10.1 Å². The third-order valence-corrected chi connectivity index (χ3v) is 6.88. The summed E-state index contributed by atoms with van der Waals surface area (Å²) in [7, 11) is 0. The first-order valence-corrected chi connectivity index (χ1v) is 11.9. The Morgan fingerprint density at radius 3 is 2.67 bits per heavy atom. The van der Waals surface area contributed by atoms with E-state index in [1.807, 2.05) is 11.8 Å². The number of aryl methyl sites for hydroxylation is 3. The maximum atomic E-state index is 13.3. The van der Waals surface area contributed by atoms with Gasteiger partial charge in [-0.25, -0.2) is 19.9 Å². The molecule has 2 atom stereocenters. The van der Waals surface area contributed by atoms with E-state index >= 15 is 0 Å². The maximum Gasteiger partial charge on any atom is 0.388 e. The highest BCUT2D eigenvalue weighted by Crippen LogP contribution is 2.38. The fourth-order valence-electron chi connectivity index (χ4n) is 5.00. The number of nitrogens with one attached hydrogen (secondary N) is 1. The smallest absolute Gasteiger partial charge is 0.388 e. The molecule has 3 aromatic heterocycles. The zero-order valence-electron chi connectivity index (χ0n) is 20.3. The summed E-state index contributed by atoms with van der Waals surface area (Å²) in [5.74, 6) is 0.790. The van der Waals surface area contributed by atoms with E-state index in [2.05, 4.69) is 36.1 Å². The van der Waals surface area contributed by atoms with Crippen LogP contribution in [0.25, 0.3) is 11.4 Å². The molecule has 0 unspecified atom stereocenters. The number of likely N-dealkylation sites (tertiary alicyclic amines) is 1. The summed E-state index contributed by atoms with van der Waals surface area (Å²) in [5.41, 5.74) is 2.95. The number of alkyl halides is 2. The monoisotopic (exact) mass is 495 g/mol. The molecule has 0 saturated carbocycles. The molecule has 9 nitrogen and oxygen atoms in total. The van der Waals surface area contributed by atoms with E-state index in [0.717, 1.165) is 41.9 Å². The summed E-state index contributed by atoms with van der Waals surface area (Å²) < 4.78 is 29.7. The van der Waals surface area contributed by atoms with Crippen molar-refractivity contribution < 1.29 is 18.3 Å². The number of aromatic nitrogens is 5. The number of carbonyl (C=O) groups is 1. The number of rotatable bonds is 5. The normalized spacial score (nSPS) is 19.8. The minimum Gasteiger partial charge on any atom is -0.417 e. The molecule has 0 radical (unpaired) electrons. The number of pyridine rings is 1. The number of nitrogens with zero attached hydrogens (tertiary/aromatic N) is 6. The van der Waals surface area contributed by atoms with E-state index in [-0.39, 0.29) is 23.2 Å². The summed E-state index contributed by atoms with van der Waals surface area (Å²) in [6.07, 6.45) is 5.91. The third kappa shape index (κ3) is 4.69. The van der Waals surface area contributed by atoms with Crippen molar-refractivity contribution in [3.8, 4) is 17.3 Å². The van der Waals surface area contributed by atoms with Crippen molar-refractivity contribution in [2.45, 2.75) is 58.1 Å². The Kier molecular flexibility index (Phi) is 6.23. The van der Waals surface area contributed by atoms with Crippen molar-refractivity contribution in [3.63, 3.8) is 0 Å². The SMILES string of the molecule is Cc1nc(OC(F)F)cc([C@H](C)C(=O)N2CC[C@@]3(CCc4cc(-c5ncccn5)c(C)nc4N3)C2)n1. The molecule has 11 heteroatoms. The van der Waals surface area contributed by atoms with E-state index in [1.54, 1.807) is 32.3 Å². The predicted molar refractivity (Wildman–Crippen MR) is 128 cm³/mol. The Bertz CT molecular complexity index is 1290. The van der Waals surface area contributed by atoms with Crippen molar-refractivity contribution >= 4 is 11.7 Å². The van der Waals surface area contributed by atoms with Gasteiger partial charge in [0, 0.05) is 37.1 Å². The number of hydrogen-bond donors (Lipinski definition) is 1. The first-order chi connectivity index (χ1) is 17.2. The van der Waals surface area contributed by atoms with Crippen molar-refractivity contribution in [3.05, 3.63) is 53.4 Å². The molecule has 3 aromatic rings. The predicted octanol–water partition coefficient (Wildman–Crippen LogP) is 3.68. The van der Waals surface area contributed by atoms with Gasteiger partial charge in [-0.05, 0) is 57.7 Å². The van der Waals surface area contributed by atoms with Gasteiger partial charge in [-0.15, -0.1) is 0 Å². The highest BCUT2D eigenvalue weighted by Gasteiger charge is 2.43. The molecule has 1 N–H and O–H groups in total. The second-order valence-corrected chi connectivity index (χ2v) is 9.40. The third-order valence-electron chi connectivity index (χ3n) is 6.88. The lowest BCUT2D eigenvalue weighted by Gasteiger charge is -2.36. The van der Waals surface area contributed by atoms with Crippen molar-refractivity contribution in [2.24, 2.45) is 0 Å². The summed E-state index contributed by atoms with van der Waals surface area (Å²) in [6, 6.07) is 5.19. The molecule has 0 bridgehead atoms. The van der Waals surface area contributed by atoms with E-state index < -0.39 is 12.5 Å². The van der Waals surface area contributed by atoms with Crippen LogP contribution >= 0.6 is 0 Å². The van der Waals surface area contributed by atoms with Crippen LogP contribution in [0.1, 0.15) is 48.5 Å². The minimum atomic E-state index is -3.00. The Morgan fingerprint density at radius 1 is 1.14 bits per heavy atom. The molecule has 5 rings (SSSR count). The van der Waals surface area contributed by atoms with E-state index in [9.17, 15) is 13.6 Å². The van der Waals surface area contributed by atoms with Crippen molar-refractivity contribution in [1.29, 1.82) is 0 Å². The number of ether oxygens (including phenoxy) is 1. The fraction of sp³-hybridized carbons (Fsp3) is 0.440. The standard InChI is InChI=1S/C25H27F2N7O2/c1-14(19-12-20(36-24(26)27)32-16(3)31-19)23(35)34-10-7-25(13-34)6-5-17-11-18(15(2)30-21(17)33-25)22-28-8-4-9-29-22/h4,8-9,11-12,14,24H,5-7,10,13H2,1-3H3,(H,30,33)/t14-,25-/m0/s1. The summed E-state index contributed by atoms with van der Waals surface area (Å²) in [5, 5.41) is 3.62. The van der Waals surface area contributed by atoms with Crippen LogP contribution in [-0.4, -0.2) is 61.0 Å². The molecule has 2 aliphatic rings. The van der Waals surface area contributed by atoms with Crippen molar-refractivity contribution in [2.75, 3.05) is 18.4 Å². The number of amides is 1. The van der Waals surface area contributed by atoms with Crippen LogP contribution in [0.3, 0.4) is 0 Å². The summed E-state index contributed by atoms with van der Waals surface area (Å²) >= 11 is 0. The van der Waals surface area contributed by atoms with Crippen LogP contribution in [0.5, 0.6) is 5.88 Å². The summed E-state index contributed by atoms with van der Waals surface area (Å²) in [4.78, 5) is 36.8. The summed E-state index contributed by atoms with van der Waals surface area (Å²) in [6.45, 7) is 3.37. The Hall–Kier alpha value is -3.76. The van der Waals surface area contributed by atoms with Crippen LogP contribution in [0.15, 0.2) is 30.6 Å². The Morgan fingerprint density at radius 2 is 1.92 bits per heavy atom. The quantitative estimate of drug-likeness (QED) is 0.572. The molecule has 1 saturated heterocycles. The van der Waals surface area contributed by atoms with Gasteiger partial charge in [-0.1, -0.05) is 0 Å². The molecule has 36 heavy (non-hydrogen) atoms. The molecule has 188 valence electrons. The average molecular weight is 496 g/mol. The molecule has 1 spiro atoms. The number of halogens is 2. The highest BCUT2D eigenvalue weighted by atomic mass is 19.3. The highest BCUT2D eigenvalue weighted by molar-refractivity contribution is 5.83. The second-order valence-electron chi connectivity index (χ2n) is 9.40. The number of anilines is 1. The van der Waals surface area contributed by atoms with Gasteiger partial charge in [0.15, 0.2) is 5.82 Å². The Labute approximate surface area is 207 Å². The lowest BCUT2D eigenvalue weighted by atomic mass is 9.86. The average Bonchev–Trinajstić information content (AvgIpc) is 3.25. The van der Waals surface area contributed by atoms with Crippen LogP contribution in [0.4, 0.5) is 14.6 Å². The topological polar surface area (TPSA) is 106 Å². The second kappa shape index (κ2) is 9.36. The number of fused-ring (bicyclic) bond motifs is 1. The van der Waals surface area contributed by atoms with Gasteiger partial charge in [0.2, 0.25) is 11.8 Å². The van der Waals surface area contributed by atoms with Crippen molar-refractivity contribution in [1.82, 2.24) is 29.8 Å². The van der Waals surface area contributed by atoms with Gasteiger partial charge in [0.1, 0.15) is 11.6 Å². The van der Waals surface area contributed by atoms with E-state index in [0.29, 0.717) is 24.6 Å². The van der Waals surface area contributed by atoms with E-state index in [4.69, 9.17) is 4.98 Å². The van der Waals surface area contributed by atoms with Gasteiger partial charge >= 0.3 is 6.61 Å². The molecule has 1 amide bonds. The lowest BCUT2D eigenvalue weighted by molar-refractivity contribution is -0.131. The zero-order chi connectivity index (χ0) is 25.4. The van der Waals surface area contributed by atoms with Gasteiger partial charge < -0.3 is 15.0 Å². The van der Waals surface area contributed by atoms with Crippen LogP contribution in [0, 0.1) is 13.8 Å². The van der Waals surface area contributed by atoms with Crippen LogP contribution in [0.2, 0.25) is 0 Å². The lowest BCUT2D eigenvalue weighted by Crippen LogP contribution is -2.46. The zero-order valence-corrected chi connectivity index (χ0v) is 20.3. The maximum absolute atomic E-state index is 13.3. The molecular formula is C25H27F2N7O2. The van der Waals surface area contributed by atoms with Gasteiger partial charge in [0.25, 0.3) is 0 Å². The fourth-order valence-corrected chi connectivity index (χ4v) is 5.00. The first kappa shape index (κ1) is 24.0. The molecule has 5 heterocycles. The largest absolute Gasteiger partial charge is 0.417 e. The van der Waals surface area contributed by atoms with Gasteiger partial charge in [0.05, 0.1) is 22.8 Å². The molecule has 1 fully saturated rings. The van der Waals surface area contributed by atoms with Gasteiger partial charge in [-0.2, -0.15) is 13.8 Å². The molecule has 2 aliphatic heterocycles. The van der Waals surface area contributed by atoms with Crippen LogP contribution in [-0.2, 0) is 11.2 Å². The molecule has 0 aromatic carbocycles.